The Labute approximate surface area is 64.7 Å². The molecule has 1 rings (SSSR count). The molecule has 1 N–H and O–H groups in total. The molecule has 0 unspecified atom stereocenters. The lowest BCUT2D eigenvalue weighted by atomic mass is 10.6. The first-order valence-corrected chi connectivity index (χ1v) is 3.27. The maximum Gasteiger partial charge on any atom is 0.433 e. The van der Waals surface area contributed by atoms with E-state index in [4.69, 9.17) is 0 Å². The van der Waals surface area contributed by atoms with Crippen molar-refractivity contribution >= 4 is 21.9 Å². The van der Waals surface area contributed by atoms with E-state index >= 15 is 0 Å². The van der Waals surface area contributed by atoms with Gasteiger partial charge in [0.2, 0.25) is 4.60 Å². The summed E-state index contributed by atoms with van der Waals surface area (Å²) in [7, 11) is 0. The van der Waals surface area contributed by atoms with Crippen LogP contribution in [-0.4, -0.2) is 14.9 Å². The number of aryl methyl sites for hydroxylation is 1. The Hall–Kier alpha value is -0.910. The molecule has 10 heavy (non-hydrogen) atoms. The molecule has 0 fully saturated rings. The fraction of sp³-hybridized carbons (Fsp3) is 0.250. The third-order valence-corrected chi connectivity index (χ3v) is 1.76. The topological polar surface area (TPSA) is 71.8 Å². The molecule has 5 nitrogen and oxygen atoms in total. The second kappa shape index (κ2) is 2.37. The largest absolute Gasteiger partial charge is 0.433 e. The van der Waals surface area contributed by atoms with Crippen LogP contribution in [0.4, 0.5) is 5.95 Å². The van der Waals surface area contributed by atoms with E-state index in [0.717, 1.165) is 0 Å². The highest BCUT2D eigenvalue weighted by Crippen LogP contribution is 2.15. The normalized spacial score (nSPS) is 9.80. The summed E-state index contributed by atoms with van der Waals surface area (Å²) >= 11 is 3.04. The van der Waals surface area contributed by atoms with E-state index in [2.05, 4.69) is 25.9 Å². The van der Waals surface area contributed by atoms with Gasteiger partial charge < -0.3 is 10.1 Å². The molecule has 0 bridgehead atoms. The van der Waals surface area contributed by atoms with Gasteiger partial charge in [-0.05, 0) is 27.8 Å². The van der Waals surface area contributed by atoms with E-state index in [0.29, 0.717) is 10.3 Å². The Morgan fingerprint density at radius 1 is 1.80 bits per heavy atom. The van der Waals surface area contributed by atoms with Crippen LogP contribution in [0.15, 0.2) is 4.60 Å². The summed E-state index contributed by atoms with van der Waals surface area (Å²) in [4.78, 5) is 15.5. The summed E-state index contributed by atoms with van der Waals surface area (Å²) in [6, 6.07) is 0. The number of hydrogen-bond acceptors (Lipinski definition) is 3. The smallest absolute Gasteiger partial charge is 0.390 e. The van der Waals surface area contributed by atoms with Crippen LogP contribution in [0.1, 0.15) is 5.69 Å². The number of H-pyrrole nitrogens is 1. The zero-order chi connectivity index (χ0) is 7.72. The van der Waals surface area contributed by atoms with Gasteiger partial charge in [-0.3, -0.25) is 0 Å². The molecule has 0 radical (unpaired) electrons. The molecule has 6 heteroatoms. The molecule has 54 valence electrons. The van der Waals surface area contributed by atoms with Crippen LogP contribution in [0.2, 0.25) is 0 Å². The van der Waals surface area contributed by atoms with Gasteiger partial charge >= 0.3 is 5.95 Å². The van der Waals surface area contributed by atoms with Crippen molar-refractivity contribution < 1.29 is 4.92 Å². The van der Waals surface area contributed by atoms with Gasteiger partial charge in [0.15, 0.2) is 0 Å². The van der Waals surface area contributed by atoms with Gasteiger partial charge in [0, 0.05) is 0 Å². The predicted octanol–water partition coefficient (Wildman–Crippen LogP) is 1.39. The predicted molar refractivity (Wildman–Crippen MR) is 37.7 cm³/mol. The number of rotatable bonds is 1. The van der Waals surface area contributed by atoms with Gasteiger partial charge in [-0.15, -0.1) is 0 Å². The van der Waals surface area contributed by atoms with E-state index in [1.165, 1.54) is 0 Å². The lowest BCUT2D eigenvalue weighted by Crippen LogP contribution is -1.88. The first-order valence-electron chi connectivity index (χ1n) is 2.47. The summed E-state index contributed by atoms with van der Waals surface area (Å²) in [6.07, 6.45) is 0. The zero-order valence-corrected chi connectivity index (χ0v) is 6.67. The SMILES string of the molecule is Cc1[nH]c([N+](=O)[O-])nc1Br. The summed E-state index contributed by atoms with van der Waals surface area (Å²) in [5, 5.41) is 10.1. The minimum absolute atomic E-state index is 0.232. The van der Waals surface area contributed by atoms with Crippen molar-refractivity contribution in [1.82, 2.24) is 9.97 Å². The summed E-state index contributed by atoms with van der Waals surface area (Å²) < 4.78 is 0.485. The first kappa shape index (κ1) is 7.20. The molecule has 0 spiro atoms. The molecule has 0 aliphatic carbocycles. The second-order valence-corrected chi connectivity index (χ2v) is 2.48. The van der Waals surface area contributed by atoms with Crippen molar-refractivity contribution in [3.63, 3.8) is 0 Å². The lowest BCUT2D eigenvalue weighted by Gasteiger charge is -1.84. The van der Waals surface area contributed by atoms with Gasteiger partial charge in [0.1, 0.15) is 5.69 Å². The van der Waals surface area contributed by atoms with Crippen molar-refractivity contribution in [1.29, 1.82) is 0 Å². The van der Waals surface area contributed by atoms with Crippen LogP contribution < -0.4 is 0 Å². The van der Waals surface area contributed by atoms with Crippen molar-refractivity contribution in [2.24, 2.45) is 0 Å². The lowest BCUT2D eigenvalue weighted by molar-refractivity contribution is -0.393. The molecule has 0 aliphatic rings. The molecule has 0 saturated heterocycles. The fourth-order valence-corrected chi connectivity index (χ4v) is 0.778. The van der Waals surface area contributed by atoms with Crippen LogP contribution in [-0.2, 0) is 0 Å². The number of imidazole rings is 1. The number of aromatic nitrogens is 2. The summed E-state index contributed by atoms with van der Waals surface area (Å²) in [5.74, 6) is -0.232. The Bertz CT molecular complexity index is 250. The van der Waals surface area contributed by atoms with E-state index in [9.17, 15) is 10.1 Å². The molecule has 1 aromatic heterocycles. The van der Waals surface area contributed by atoms with Gasteiger partial charge in [-0.2, -0.15) is 0 Å². The molecule has 0 aromatic carbocycles. The van der Waals surface area contributed by atoms with Crippen molar-refractivity contribution in [3.8, 4) is 0 Å². The van der Waals surface area contributed by atoms with Gasteiger partial charge in [-0.1, -0.05) is 4.98 Å². The van der Waals surface area contributed by atoms with Crippen LogP contribution in [0.3, 0.4) is 0 Å². The average Bonchev–Trinajstić information content (AvgIpc) is 2.13. The molecular formula is C4H4BrN3O2. The monoisotopic (exact) mass is 205 g/mol. The van der Waals surface area contributed by atoms with E-state index < -0.39 is 4.92 Å². The Morgan fingerprint density at radius 2 is 2.40 bits per heavy atom. The maximum atomic E-state index is 10.1. The highest BCUT2D eigenvalue weighted by Gasteiger charge is 2.13. The molecule has 0 saturated carbocycles. The van der Waals surface area contributed by atoms with E-state index in [-0.39, 0.29) is 5.95 Å². The van der Waals surface area contributed by atoms with Crippen molar-refractivity contribution in [2.45, 2.75) is 6.92 Å². The van der Waals surface area contributed by atoms with Gasteiger partial charge in [0.05, 0.1) is 0 Å². The average molecular weight is 206 g/mol. The van der Waals surface area contributed by atoms with E-state index in [1.807, 2.05) is 0 Å². The van der Waals surface area contributed by atoms with Crippen LogP contribution >= 0.6 is 15.9 Å². The molecule has 0 aliphatic heterocycles. The number of nitrogens with one attached hydrogen (secondary N) is 1. The third-order valence-electron chi connectivity index (χ3n) is 0.986. The highest BCUT2D eigenvalue weighted by molar-refractivity contribution is 9.10. The minimum Gasteiger partial charge on any atom is -0.390 e. The number of nitrogens with zero attached hydrogens (tertiary/aromatic N) is 2. The number of halogens is 1. The van der Waals surface area contributed by atoms with E-state index in [1.54, 1.807) is 6.92 Å². The van der Waals surface area contributed by atoms with Crippen molar-refractivity contribution in [2.75, 3.05) is 0 Å². The Morgan fingerprint density at radius 3 is 2.60 bits per heavy atom. The van der Waals surface area contributed by atoms with Gasteiger partial charge in [-0.25, -0.2) is 4.98 Å². The van der Waals surface area contributed by atoms with Crippen LogP contribution in [0.25, 0.3) is 0 Å². The third kappa shape index (κ3) is 1.15. The number of nitro groups is 1. The molecule has 1 aromatic rings. The number of hydrogen-bond donors (Lipinski definition) is 1. The standard InChI is InChI=1S/C4H4BrN3O2/c1-2-3(5)7-4(6-2)8(9)10/h1H3,(H,6,7). The Balaban J connectivity index is 3.10. The molecule has 1 heterocycles. The quantitative estimate of drug-likeness (QED) is 0.557. The molecule has 0 amide bonds. The first-order chi connectivity index (χ1) is 4.61. The highest BCUT2D eigenvalue weighted by atomic mass is 79.9. The van der Waals surface area contributed by atoms with Crippen LogP contribution in [0, 0.1) is 17.0 Å². The van der Waals surface area contributed by atoms with Crippen molar-refractivity contribution in [3.05, 3.63) is 20.4 Å². The Kier molecular flexibility index (Phi) is 1.71. The van der Waals surface area contributed by atoms with Crippen LogP contribution in [0.5, 0.6) is 0 Å². The molecular weight excluding hydrogens is 202 g/mol. The zero-order valence-electron chi connectivity index (χ0n) is 5.09. The number of aromatic amines is 1. The molecule has 0 atom stereocenters. The fourth-order valence-electron chi connectivity index (χ4n) is 0.511. The second-order valence-electron chi connectivity index (χ2n) is 1.73. The summed E-state index contributed by atoms with van der Waals surface area (Å²) in [6.45, 7) is 1.70. The minimum atomic E-state index is -0.572. The maximum absolute atomic E-state index is 10.1. The summed E-state index contributed by atoms with van der Waals surface area (Å²) in [5.41, 5.74) is 0.659. The van der Waals surface area contributed by atoms with Gasteiger partial charge in [0.25, 0.3) is 0 Å².